The molecule has 0 spiro atoms. The van der Waals surface area contributed by atoms with Gasteiger partial charge in [0.2, 0.25) is 0 Å². The Bertz CT molecular complexity index is 571. The van der Waals surface area contributed by atoms with Gasteiger partial charge in [0.05, 0.1) is 12.5 Å². The second-order valence-corrected chi connectivity index (χ2v) is 5.47. The monoisotopic (exact) mass is 273 g/mol. The van der Waals surface area contributed by atoms with Crippen molar-refractivity contribution in [1.82, 2.24) is 19.5 Å². The fraction of sp³-hybridized carbons (Fsp3) is 0.533. The van der Waals surface area contributed by atoms with Crippen LogP contribution in [0.25, 0.3) is 11.5 Å². The second-order valence-electron chi connectivity index (χ2n) is 5.47. The molecule has 0 bridgehead atoms. The van der Waals surface area contributed by atoms with Crippen LogP contribution in [0.1, 0.15) is 52.3 Å². The summed E-state index contributed by atoms with van der Waals surface area (Å²) >= 11 is 0. The van der Waals surface area contributed by atoms with Gasteiger partial charge in [-0.1, -0.05) is 13.8 Å². The molecule has 5 nitrogen and oxygen atoms in total. The van der Waals surface area contributed by atoms with Crippen molar-refractivity contribution in [2.24, 2.45) is 0 Å². The maximum absolute atomic E-state index is 4.69. The fourth-order valence-electron chi connectivity index (χ4n) is 2.04. The summed E-state index contributed by atoms with van der Waals surface area (Å²) in [6, 6.07) is 2.36. The zero-order chi connectivity index (χ0) is 14.7. The van der Waals surface area contributed by atoms with Gasteiger partial charge in [0.15, 0.2) is 5.82 Å². The van der Waals surface area contributed by atoms with E-state index >= 15 is 0 Å². The summed E-state index contributed by atoms with van der Waals surface area (Å²) in [7, 11) is 0. The quantitative estimate of drug-likeness (QED) is 0.906. The number of hydrogen-bond acceptors (Lipinski definition) is 4. The van der Waals surface area contributed by atoms with Gasteiger partial charge in [-0.25, -0.2) is 15.0 Å². The summed E-state index contributed by atoms with van der Waals surface area (Å²) < 4.78 is 2.09. The topological polar surface area (TPSA) is 55.6 Å². The number of rotatable bonds is 5. The maximum atomic E-state index is 4.69. The first-order valence-electron chi connectivity index (χ1n) is 7.18. The van der Waals surface area contributed by atoms with E-state index in [-0.39, 0.29) is 0 Å². The van der Waals surface area contributed by atoms with Gasteiger partial charge in [0.25, 0.3) is 0 Å². The lowest BCUT2D eigenvalue weighted by Crippen LogP contribution is -2.08. The molecule has 2 aromatic rings. The molecule has 2 aromatic heterocycles. The Labute approximate surface area is 120 Å². The highest BCUT2D eigenvalue weighted by molar-refractivity contribution is 5.53. The number of nitrogens with one attached hydrogen (secondary N) is 1. The van der Waals surface area contributed by atoms with Crippen molar-refractivity contribution in [1.29, 1.82) is 0 Å². The van der Waals surface area contributed by atoms with Crippen molar-refractivity contribution < 1.29 is 0 Å². The minimum absolute atomic E-state index is 0.335. The molecule has 108 valence electrons. The molecule has 0 aromatic carbocycles. The zero-order valence-corrected chi connectivity index (χ0v) is 12.9. The van der Waals surface area contributed by atoms with Crippen LogP contribution in [0.3, 0.4) is 0 Å². The van der Waals surface area contributed by atoms with Gasteiger partial charge in [-0.05, 0) is 26.7 Å². The van der Waals surface area contributed by atoms with Gasteiger partial charge in [0, 0.05) is 24.3 Å². The number of nitrogens with zero attached hydrogens (tertiary/aromatic N) is 4. The Morgan fingerprint density at radius 1 is 1.20 bits per heavy atom. The molecule has 0 fully saturated rings. The molecular weight excluding hydrogens is 250 g/mol. The molecule has 5 heteroatoms. The first-order chi connectivity index (χ1) is 9.52. The molecular formula is C15H23N5. The maximum Gasteiger partial charge on any atom is 0.180 e. The minimum Gasteiger partial charge on any atom is -0.370 e. The van der Waals surface area contributed by atoms with Gasteiger partial charge in [0.1, 0.15) is 11.5 Å². The number of anilines is 1. The molecule has 2 rings (SSSR count). The van der Waals surface area contributed by atoms with E-state index in [1.807, 2.05) is 18.6 Å². The van der Waals surface area contributed by atoms with Crippen molar-refractivity contribution >= 4 is 5.82 Å². The molecule has 0 aliphatic heterocycles. The van der Waals surface area contributed by atoms with Crippen LogP contribution in [0.5, 0.6) is 0 Å². The first kappa shape index (κ1) is 14.5. The van der Waals surface area contributed by atoms with Crippen molar-refractivity contribution in [3.63, 3.8) is 0 Å². The minimum atomic E-state index is 0.335. The summed E-state index contributed by atoms with van der Waals surface area (Å²) in [5, 5.41) is 3.27. The molecule has 0 unspecified atom stereocenters. The van der Waals surface area contributed by atoms with Gasteiger partial charge < -0.3 is 9.88 Å². The Kier molecular flexibility index (Phi) is 4.37. The molecule has 20 heavy (non-hydrogen) atoms. The second kappa shape index (κ2) is 6.03. The van der Waals surface area contributed by atoms with E-state index in [9.17, 15) is 0 Å². The van der Waals surface area contributed by atoms with E-state index in [1.165, 1.54) is 0 Å². The van der Waals surface area contributed by atoms with Crippen molar-refractivity contribution in [3.05, 3.63) is 24.3 Å². The molecule has 0 saturated heterocycles. The van der Waals surface area contributed by atoms with Crippen LogP contribution in [0, 0.1) is 0 Å². The lowest BCUT2D eigenvalue weighted by atomic mass is 10.1. The van der Waals surface area contributed by atoms with Gasteiger partial charge in [-0.2, -0.15) is 0 Å². The standard InChI is InChI=1S/C15H23N5/c1-6-17-14-7-12(10(2)3)18-15(19-14)13-8-16-9-20(13)11(4)5/h7-11H,6H2,1-5H3,(H,17,18,19). The first-order valence-corrected chi connectivity index (χ1v) is 7.18. The van der Waals surface area contributed by atoms with Crippen LogP contribution < -0.4 is 5.32 Å². The molecule has 0 aliphatic carbocycles. The number of hydrogen-bond donors (Lipinski definition) is 1. The Morgan fingerprint density at radius 3 is 2.55 bits per heavy atom. The number of imidazole rings is 1. The van der Waals surface area contributed by atoms with Crippen LogP contribution >= 0.6 is 0 Å². The van der Waals surface area contributed by atoms with E-state index in [1.54, 1.807) is 0 Å². The average molecular weight is 273 g/mol. The lowest BCUT2D eigenvalue weighted by Gasteiger charge is -2.14. The van der Waals surface area contributed by atoms with E-state index in [0.29, 0.717) is 12.0 Å². The normalized spacial score (nSPS) is 11.3. The SMILES string of the molecule is CCNc1cc(C(C)C)nc(-c2cncn2C(C)C)n1. The van der Waals surface area contributed by atoms with Crippen molar-refractivity contribution in [2.75, 3.05) is 11.9 Å². The number of aromatic nitrogens is 4. The molecule has 0 saturated carbocycles. The summed E-state index contributed by atoms with van der Waals surface area (Å²) in [4.78, 5) is 13.5. The fourth-order valence-corrected chi connectivity index (χ4v) is 2.04. The highest BCUT2D eigenvalue weighted by Crippen LogP contribution is 2.23. The largest absolute Gasteiger partial charge is 0.370 e. The Morgan fingerprint density at radius 2 is 1.95 bits per heavy atom. The van der Waals surface area contributed by atoms with Crippen molar-refractivity contribution in [3.8, 4) is 11.5 Å². The van der Waals surface area contributed by atoms with Gasteiger partial charge in [-0.3, -0.25) is 0 Å². The highest BCUT2D eigenvalue weighted by Gasteiger charge is 2.14. The van der Waals surface area contributed by atoms with Crippen LogP contribution in [0.15, 0.2) is 18.6 Å². The lowest BCUT2D eigenvalue weighted by molar-refractivity contribution is 0.603. The van der Waals surface area contributed by atoms with E-state index < -0.39 is 0 Å². The van der Waals surface area contributed by atoms with E-state index in [0.717, 1.165) is 29.6 Å². The summed E-state index contributed by atoms with van der Waals surface area (Å²) in [6.45, 7) is 11.4. The molecule has 0 aliphatic rings. The summed E-state index contributed by atoms with van der Waals surface area (Å²) in [6.07, 6.45) is 3.66. The third-order valence-corrected chi connectivity index (χ3v) is 3.15. The molecule has 0 amide bonds. The summed E-state index contributed by atoms with van der Waals surface area (Å²) in [5.74, 6) is 1.97. The predicted molar refractivity (Wildman–Crippen MR) is 81.9 cm³/mol. The molecule has 0 atom stereocenters. The zero-order valence-electron chi connectivity index (χ0n) is 12.9. The van der Waals surface area contributed by atoms with Crippen LogP contribution in [0.2, 0.25) is 0 Å². The van der Waals surface area contributed by atoms with Crippen LogP contribution in [-0.2, 0) is 0 Å². The molecule has 1 N–H and O–H groups in total. The van der Waals surface area contributed by atoms with Gasteiger partial charge in [-0.15, -0.1) is 0 Å². The molecule has 2 heterocycles. The predicted octanol–water partition coefficient (Wildman–Crippen LogP) is 3.48. The average Bonchev–Trinajstić information content (AvgIpc) is 2.88. The Hall–Kier alpha value is -1.91. The van der Waals surface area contributed by atoms with E-state index in [4.69, 9.17) is 0 Å². The third kappa shape index (κ3) is 2.98. The smallest absolute Gasteiger partial charge is 0.180 e. The third-order valence-electron chi connectivity index (χ3n) is 3.15. The molecule has 0 radical (unpaired) electrons. The summed E-state index contributed by atoms with van der Waals surface area (Å²) in [5.41, 5.74) is 2.00. The van der Waals surface area contributed by atoms with E-state index in [2.05, 4.69) is 59.5 Å². The van der Waals surface area contributed by atoms with Crippen LogP contribution in [-0.4, -0.2) is 26.1 Å². The van der Waals surface area contributed by atoms with Crippen LogP contribution in [0.4, 0.5) is 5.82 Å². The van der Waals surface area contributed by atoms with Crippen molar-refractivity contribution in [2.45, 2.75) is 46.6 Å². The Balaban J connectivity index is 2.52. The highest BCUT2D eigenvalue weighted by atomic mass is 15.1. The van der Waals surface area contributed by atoms with Gasteiger partial charge >= 0.3 is 0 Å².